The number of carbonyl (C=O) groups is 1. The van der Waals surface area contributed by atoms with E-state index in [1.165, 1.54) is 13.0 Å². The van der Waals surface area contributed by atoms with E-state index in [1.54, 1.807) is 19.2 Å². The predicted octanol–water partition coefficient (Wildman–Crippen LogP) is 6.92. The number of carbonyl (C=O) groups excluding carboxylic acids is 1. The zero-order valence-electron chi connectivity index (χ0n) is 22.1. The fourth-order valence-corrected chi connectivity index (χ4v) is 3.86. The second-order valence-electron chi connectivity index (χ2n) is 7.45. The topological polar surface area (TPSA) is 96.0 Å². The van der Waals surface area contributed by atoms with Gasteiger partial charge < -0.3 is 14.1 Å². The molecule has 3 aromatic carbocycles. The molecule has 0 aliphatic rings. The van der Waals surface area contributed by atoms with E-state index < -0.39 is 10.9 Å². The number of nitro benzene ring substituents is 1. The Labute approximate surface area is 211 Å². The Bertz CT molecular complexity index is 1420. The van der Waals surface area contributed by atoms with Crippen LogP contribution in [0.1, 0.15) is 51.3 Å². The number of hydrogen-bond acceptors (Lipinski definition) is 6. The summed E-state index contributed by atoms with van der Waals surface area (Å²) in [5.41, 5.74) is 4.68. The van der Waals surface area contributed by atoms with Gasteiger partial charge in [0, 0.05) is 59.0 Å². The number of non-ortho nitro benzene ring substituents is 1. The maximum Gasteiger partial charge on any atom is 0.332 e. The van der Waals surface area contributed by atoms with Crippen molar-refractivity contribution in [1.82, 2.24) is 4.57 Å². The summed E-state index contributed by atoms with van der Waals surface area (Å²) in [6.45, 7) is 11.2. The van der Waals surface area contributed by atoms with Crippen LogP contribution >= 0.6 is 0 Å². The maximum atomic E-state index is 11.5. The first-order valence-corrected chi connectivity index (χ1v) is 11.9. The van der Waals surface area contributed by atoms with E-state index >= 15 is 0 Å². The Morgan fingerprint density at radius 2 is 1.56 bits per heavy atom. The van der Waals surface area contributed by atoms with Crippen molar-refractivity contribution in [3.63, 3.8) is 0 Å². The molecule has 0 saturated heterocycles. The predicted molar refractivity (Wildman–Crippen MR) is 145 cm³/mol. The molecule has 0 aliphatic carbocycles. The molecule has 190 valence electrons. The second-order valence-corrected chi connectivity index (χ2v) is 7.45. The van der Waals surface area contributed by atoms with Crippen LogP contribution in [0.2, 0.25) is 0 Å². The molecule has 36 heavy (non-hydrogen) atoms. The molecule has 0 bridgehead atoms. The van der Waals surface area contributed by atoms with Crippen LogP contribution in [0.4, 0.5) is 5.69 Å². The lowest BCUT2D eigenvalue weighted by Gasteiger charge is -2.11. The average Bonchev–Trinajstić information content (AvgIpc) is 3.18. The summed E-state index contributed by atoms with van der Waals surface area (Å²) >= 11 is 0. The van der Waals surface area contributed by atoms with Gasteiger partial charge in [-0.3, -0.25) is 10.1 Å². The zero-order valence-corrected chi connectivity index (χ0v) is 22.1. The van der Waals surface area contributed by atoms with Crippen molar-refractivity contribution in [1.29, 1.82) is 0 Å². The minimum atomic E-state index is -0.532. The van der Waals surface area contributed by atoms with Crippen LogP contribution in [0.15, 0.2) is 59.8 Å². The molecular formula is C28H33N3O5. The van der Waals surface area contributed by atoms with Gasteiger partial charge in [-0.2, -0.15) is 0 Å². The lowest BCUT2D eigenvalue weighted by atomic mass is 9.96. The van der Waals surface area contributed by atoms with Crippen molar-refractivity contribution in [2.24, 2.45) is 12.2 Å². The van der Waals surface area contributed by atoms with Crippen LogP contribution < -0.4 is 4.74 Å². The van der Waals surface area contributed by atoms with Gasteiger partial charge in [0.2, 0.25) is 0 Å². The molecule has 0 saturated carbocycles. The first-order valence-electron chi connectivity index (χ1n) is 11.9. The molecule has 0 atom stereocenters. The van der Waals surface area contributed by atoms with Crippen molar-refractivity contribution >= 4 is 39.2 Å². The first-order chi connectivity index (χ1) is 17.3. The van der Waals surface area contributed by atoms with Crippen molar-refractivity contribution in [2.45, 2.75) is 41.5 Å². The largest absolute Gasteiger partial charge is 0.497 e. The molecule has 1 heterocycles. The number of aryl methyl sites for hydroxylation is 2. The van der Waals surface area contributed by atoms with E-state index in [-0.39, 0.29) is 5.69 Å². The molecule has 0 unspecified atom stereocenters. The average molecular weight is 492 g/mol. The molecule has 4 aromatic rings. The maximum absolute atomic E-state index is 11.5. The molecular weight excluding hydrogens is 458 g/mol. The third-order valence-corrected chi connectivity index (χ3v) is 5.43. The van der Waals surface area contributed by atoms with Crippen LogP contribution in [0.5, 0.6) is 5.75 Å². The van der Waals surface area contributed by atoms with Gasteiger partial charge in [0.15, 0.2) is 0 Å². The van der Waals surface area contributed by atoms with Gasteiger partial charge in [-0.1, -0.05) is 38.9 Å². The smallest absolute Gasteiger partial charge is 0.332 e. The summed E-state index contributed by atoms with van der Waals surface area (Å²) in [7, 11) is 3.51. The lowest BCUT2D eigenvalue weighted by Crippen LogP contribution is -2.08. The molecule has 0 spiro atoms. The first kappa shape index (κ1) is 28.0. The third-order valence-electron chi connectivity index (χ3n) is 5.43. The summed E-state index contributed by atoms with van der Waals surface area (Å²) in [5.74, 6) is 0.172. The Hall–Kier alpha value is -4.20. The SMILES string of the molecule is CC.CC.COc1ccc(/C(=N\OC(C)=O)c2ccc3c(c2)c2cc([N+](=O)[O-])ccc2n3C)c(C)c1. The van der Waals surface area contributed by atoms with Crippen molar-refractivity contribution < 1.29 is 19.3 Å². The molecule has 0 aliphatic heterocycles. The summed E-state index contributed by atoms with van der Waals surface area (Å²) in [6.07, 6.45) is 0. The summed E-state index contributed by atoms with van der Waals surface area (Å²) in [6, 6.07) is 16.1. The Balaban J connectivity index is 0.00000109. The highest BCUT2D eigenvalue weighted by Gasteiger charge is 2.17. The van der Waals surface area contributed by atoms with Gasteiger partial charge in [0.25, 0.3) is 5.69 Å². The fraction of sp³-hybridized carbons (Fsp3) is 0.286. The van der Waals surface area contributed by atoms with Gasteiger partial charge in [0.1, 0.15) is 11.5 Å². The minimum absolute atomic E-state index is 0.0233. The standard InChI is InChI=1S/C24H21N3O5.2C2H6/c1-14-11-18(31-4)7-8-19(14)24(25-32-15(2)28)16-5-9-22-20(12-16)21-13-17(27(29)30)6-10-23(21)26(22)3;2*1-2/h5-13H,1-4H3;2*1-2H3/b25-24-;;. The number of hydrogen-bond donors (Lipinski definition) is 0. The molecule has 8 heteroatoms. The molecule has 4 rings (SSSR count). The van der Waals surface area contributed by atoms with Crippen LogP contribution in [-0.4, -0.2) is 28.3 Å². The number of oxime groups is 1. The number of rotatable bonds is 5. The zero-order chi connectivity index (χ0) is 27.0. The van der Waals surface area contributed by atoms with Gasteiger partial charge in [-0.05, 0) is 48.9 Å². The number of nitro groups is 1. The van der Waals surface area contributed by atoms with Crippen LogP contribution in [0.3, 0.4) is 0 Å². The van der Waals surface area contributed by atoms with E-state index in [9.17, 15) is 14.9 Å². The van der Waals surface area contributed by atoms with Gasteiger partial charge in [-0.25, -0.2) is 4.79 Å². The van der Waals surface area contributed by atoms with E-state index in [1.807, 2.05) is 82.6 Å². The van der Waals surface area contributed by atoms with Crippen LogP contribution in [0.25, 0.3) is 21.8 Å². The van der Waals surface area contributed by atoms with Gasteiger partial charge >= 0.3 is 5.97 Å². The highest BCUT2D eigenvalue weighted by Crippen LogP contribution is 2.32. The Morgan fingerprint density at radius 3 is 2.11 bits per heavy atom. The van der Waals surface area contributed by atoms with E-state index in [2.05, 4.69) is 5.16 Å². The summed E-state index contributed by atoms with van der Waals surface area (Å²) in [5, 5.41) is 17.0. The van der Waals surface area contributed by atoms with Crippen molar-refractivity contribution in [3.8, 4) is 5.75 Å². The highest BCUT2D eigenvalue weighted by atomic mass is 16.7. The van der Waals surface area contributed by atoms with Crippen LogP contribution in [-0.2, 0) is 16.7 Å². The molecule has 0 amide bonds. The molecule has 0 radical (unpaired) electrons. The van der Waals surface area contributed by atoms with Crippen LogP contribution in [0, 0.1) is 17.0 Å². The highest BCUT2D eigenvalue weighted by molar-refractivity contribution is 6.17. The lowest BCUT2D eigenvalue weighted by molar-refractivity contribution is -0.384. The molecule has 0 fully saturated rings. The normalized spacial score (nSPS) is 10.7. The quantitative estimate of drug-likeness (QED) is 0.131. The number of nitrogens with zero attached hydrogens (tertiary/aromatic N) is 3. The Morgan fingerprint density at radius 1 is 0.944 bits per heavy atom. The fourth-order valence-electron chi connectivity index (χ4n) is 3.86. The monoisotopic (exact) mass is 491 g/mol. The summed E-state index contributed by atoms with van der Waals surface area (Å²) < 4.78 is 7.28. The molecule has 8 nitrogen and oxygen atoms in total. The number of aromatic nitrogens is 1. The van der Waals surface area contributed by atoms with Crippen molar-refractivity contribution in [2.75, 3.05) is 7.11 Å². The van der Waals surface area contributed by atoms with E-state index in [0.29, 0.717) is 17.0 Å². The van der Waals surface area contributed by atoms with E-state index in [4.69, 9.17) is 9.57 Å². The number of benzene rings is 3. The second kappa shape index (κ2) is 12.5. The van der Waals surface area contributed by atoms with Crippen molar-refractivity contribution in [3.05, 3.63) is 81.4 Å². The third kappa shape index (κ3) is 5.71. The molecule has 0 N–H and O–H groups in total. The Kier molecular flexibility index (Phi) is 9.73. The van der Waals surface area contributed by atoms with Gasteiger partial charge in [0.05, 0.1) is 12.0 Å². The molecule has 1 aromatic heterocycles. The van der Waals surface area contributed by atoms with Gasteiger partial charge in [-0.15, -0.1) is 0 Å². The number of fused-ring (bicyclic) bond motifs is 3. The number of methoxy groups -OCH3 is 1. The number of ether oxygens (including phenoxy) is 1. The summed E-state index contributed by atoms with van der Waals surface area (Å²) in [4.78, 5) is 27.4. The van der Waals surface area contributed by atoms with E-state index in [0.717, 1.165) is 32.9 Å². The minimum Gasteiger partial charge on any atom is -0.497 e.